The molecule has 0 amide bonds. The maximum atomic E-state index is 11.0. The first kappa shape index (κ1) is 10.2. The van der Waals surface area contributed by atoms with Crippen molar-refractivity contribution in [2.75, 3.05) is 7.11 Å². The van der Waals surface area contributed by atoms with Crippen LogP contribution in [0.15, 0.2) is 12.1 Å². The molecule has 0 aliphatic carbocycles. The van der Waals surface area contributed by atoms with Gasteiger partial charge in [-0.05, 0) is 19.1 Å². The van der Waals surface area contributed by atoms with Gasteiger partial charge in [-0.1, -0.05) is 0 Å². The van der Waals surface area contributed by atoms with Crippen molar-refractivity contribution < 1.29 is 9.53 Å². The fourth-order valence-corrected chi connectivity index (χ4v) is 1.99. The van der Waals surface area contributed by atoms with Crippen molar-refractivity contribution in [1.29, 1.82) is 0 Å². The summed E-state index contributed by atoms with van der Waals surface area (Å²) in [6.45, 7) is 2.03. The van der Waals surface area contributed by atoms with Crippen LogP contribution in [-0.2, 0) is 16.0 Å². The lowest BCUT2D eigenvalue weighted by atomic mass is 10.2. The third kappa shape index (κ3) is 2.82. The Kier molecular flexibility index (Phi) is 3.45. The predicted molar refractivity (Wildman–Crippen MR) is 52.8 cm³/mol. The van der Waals surface area contributed by atoms with E-state index < -0.39 is 6.04 Å². The lowest BCUT2D eigenvalue weighted by molar-refractivity contribution is -0.142. The molecule has 0 fully saturated rings. The van der Waals surface area contributed by atoms with Gasteiger partial charge in [0.05, 0.1) is 7.11 Å². The first-order valence-electron chi connectivity index (χ1n) is 4.02. The Bertz CT molecular complexity index is 296. The quantitative estimate of drug-likeness (QED) is 0.742. The highest BCUT2D eigenvalue weighted by molar-refractivity contribution is 7.11. The largest absolute Gasteiger partial charge is 0.468 e. The summed E-state index contributed by atoms with van der Waals surface area (Å²) in [6.07, 6.45) is 0.561. The van der Waals surface area contributed by atoms with Gasteiger partial charge in [-0.2, -0.15) is 0 Å². The first-order valence-corrected chi connectivity index (χ1v) is 4.84. The van der Waals surface area contributed by atoms with Crippen LogP contribution in [0.4, 0.5) is 0 Å². The number of thiophene rings is 1. The monoisotopic (exact) mass is 199 g/mol. The average molecular weight is 199 g/mol. The van der Waals surface area contributed by atoms with Gasteiger partial charge in [0.1, 0.15) is 6.04 Å². The summed E-state index contributed by atoms with van der Waals surface area (Å²) in [5, 5.41) is 0. The predicted octanol–water partition coefficient (Wildman–Crippen LogP) is 1.10. The van der Waals surface area contributed by atoms with Gasteiger partial charge < -0.3 is 10.5 Å². The summed E-state index contributed by atoms with van der Waals surface area (Å²) < 4.78 is 4.53. The average Bonchev–Trinajstić information content (AvgIpc) is 2.49. The van der Waals surface area contributed by atoms with E-state index in [-0.39, 0.29) is 5.97 Å². The van der Waals surface area contributed by atoms with E-state index in [1.54, 1.807) is 11.3 Å². The lowest BCUT2D eigenvalue weighted by Gasteiger charge is -2.06. The van der Waals surface area contributed by atoms with Crippen LogP contribution in [0.1, 0.15) is 9.75 Å². The maximum Gasteiger partial charge on any atom is 0.323 e. The van der Waals surface area contributed by atoms with Crippen molar-refractivity contribution in [1.82, 2.24) is 0 Å². The number of rotatable bonds is 3. The third-order valence-corrected chi connectivity index (χ3v) is 2.74. The molecule has 0 aliphatic rings. The molecule has 13 heavy (non-hydrogen) atoms. The van der Waals surface area contributed by atoms with Crippen LogP contribution in [0, 0.1) is 6.92 Å². The van der Waals surface area contributed by atoms with E-state index in [2.05, 4.69) is 4.74 Å². The van der Waals surface area contributed by atoms with Crippen LogP contribution in [0.3, 0.4) is 0 Å². The minimum absolute atomic E-state index is 0.356. The number of hydrogen-bond donors (Lipinski definition) is 1. The Morgan fingerprint density at radius 1 is 1.69 bits per heavy atom. The minimum Gasteiger partial charge on any atom is -0.468 e. The Hall–Kier alpha value is -0.870. The van der Waals surface area contributed by atoms with E-state index in [0.717, 1.165) is 4.88 Å². The van der Waals surface area contributed by atoms with Crippen LogP contribution in [-0.4, -0.2) is 19.1 Å². The molecule has 1 rings (SSSR count). The molecule has 4 heteroatoms. The number of ether oxygens (including phenoxy) is 1. The molecular formula is C9H13NO2S. The molecule has 0 bridgehead atoms. The summed E-state index contributed by atoms with van der Waals surface area (Å²) in [5.74, 6) is -0.356. The summed E-state index contributed by atoms with van der Waals surface area (Å²) in [5.41, 5.74) is 5.60. The summed E-state index contributed by atoms with van der Waals surface area (Å²) in [7, 11) is 1.35. The molecule has 0 aliphatic heterocycles. The fraction of sp³-hybridized carbons (Fsp3) is 0.444. The van der Waals surface area contributed by atoms with E-state index in [9.17, 15) is 4.79 Å². The zero-order chi connectivity index (χ0) is 9.84. The molecule has 72 valence electrons. The van der Waals surface area contributed by atoms with E-state index in [0.29, 0.717) is 6.42 Å². The smallest absolute Gasteiger partial charge is 0.323 e. The van der Waals surface area contributed by atoms with E-state index in [1.807, 2.05) is 19.1 Å². The number of methoxy groups -OCH3 is 1. The first-order chi connectivity index (χ1) is 6.13. The van der Waals surface area contributed by atoms with Crippen molar-refractivity contribution >= 4 is 17.3 Å². The van der Waals surface area contributed by atoms with Crippen LogP contribution in [0.2, 0.25) is 0 Å². The molecule has 1 heterocycles. The van der Waals surface area contributed by atoms with Gasteiger partial charge in [0.25, 0.3) is 0 Å². The molecule has 0 radical (unpaired) electrons. The third-order valence-electron chi connectivity index (χ3n) is 1.72. The van der Waals surface area contributed by atoms with E-state index in [1.165, 1.54) is 12.0 Å². The Morgan fingerprint density at radius 2 is 2.38 bits per heavy atom. The fourth-order valence-electron chi connectivity index (χ4n) is 1.05. The summed E-state index contributed by atoms with van der Waals surface area (Å²) in [6, 6.07) is 3.47. The molecule has 1 aromatic heterocycles. The second-order valence-electron chi connectivity index (χ2n) is 2.85. The van der Waals surface area contributed by atoms with Crippen molar-refractivity contribution in [3.05, 3.63) is 21.9 Å². The molecule has 1 aromatic rings. The second-order valence-corrected chi connectivity index (χ2v) is 4.22. The molecule has 0 aromatic carbocycles. The van der Waals surface area contributed by atoms with Crippen molar-refractivity contribution in [3.63, 3.8) is 0 Å². The Balaban J connectivity index is 2.54. The van der Waals surface area contributed by atoms with E-state index >= 15 is 0 Å². The molecule has 2 N–H and O–H groups in total. The van der Waals surface area contributed by atoms with Gasteiger partial charge in [0, 0.05) is 16.2 Å². The van der Waals surface area contributed by atoms with Crippen molar-refractivity contribution in [3.8, 4) is 0 Å². The number of hydrogen-bond acceptors (Lipinski definition) is 4. The van der Waals surface area contributed by atoms with E-state index in [4.69, 9.17) is 5.73 Å². The van der Waals surface area contributed by atoms with Crippen LogP contribution in [0.5, 0.6) is 0 Å². The molecule has 1 unspecified atom stereocenters. The minimum atomic E-state index is -0.539. The standard InChI is InChI=1S/C9H13NO2S/c1-6-3-4-7(13-6)5-8(10)9(11)12-2/h3-4,8H,5,10H2,1-2H3. The number of carbonyl (C=O) groups excluding carboxylic acids is 1. The van der Waals surface area contributed by atoms with Crippen LogP contribution >= 0.6 is 11.3 Å². The molecule has 3 nitrogen and oxygen atoms in total. The normalized spacial score (nSPS) is 12.5. The highest BCUT2D eigenvalue weighted by Crippen LogP contribution is 2.16. The topological polar surface area (TPSA) is 52.3 Å². The van der Waals surface area contributed by atoms with Gasteiger partial charge in [0.15, 0.2) is 0 Å². The Labute approximate surface area is 81.5 Å². The lowest BCUT2D eigenvalue weighted by Crippen LogP contribution is -2.33. The summed E-state index contributed by atoms with van der Waals surface area (Å²) in [4.78, 5) is 13.3. The number of esters is 1. The van der Waals surface area contributed by atoms with Crippen molar-refractivity contribution in [2.45, 2.75) is 19.4 Å². The number of carbonyl (C=O) groups is 1. The van der Waals surface area contributed by atoms with Gasteiger partial charge in [-0.25, -0.2) is 0 Å². The number of aryl methyl sites for hydroxylation is 1. The molecular weight excluding hydrogens is 186 g/mol. The molecule has 0 saturated carbocycles. The maximum absolute atomic E-state index is 11.0. The highest BCUT2D eigenvalue weighted by atomic mass is 32.1. The highest BCUT2D eigenvalue weighted by Gasteiger charge is 2.14. The SMILES string of the molecule is COC(=O)C(N)Cc1ccc(C)s1. The second kappa shape index (κ2) is 4.39. The van der Waals surface area contributed by atoms with Crippen LogP contribution < -0.4 is 5.73 Å². The summed E-state index contributed by atoms with van der Waals surface area (Å²) >= 11 is 1.66. The molecule has 0 saturated heterocycles. The zero-order valence-corrected chi connectivity index (χ0v) is 8.56. The van der Waals surface area contributed by atoms with Gasteiger partial charge in [-0.15, -0.1) is 11.3 Å². The van der Waals surface area contributed by atoms with Crippen LogP contribution in [0.25, 0.3) is 0 Å². The molecule has 1 atom stereocenters. The zero-order valence-electron chi connectivity index (χ0n) is 7.74. The van der Waals surface area contributed by atoms with Gasteiger partial charge in [0.2, 0.25) is 0 Å². The number of nitrogens with two attached hydrogens (primary N) is 1. The Morgan fingerprint density at radius 3 is 2.85 bits per heavy atom. The van der Waals surface area contributed by atoms with Gasteiger partial charge in [-0.3, -0.25) is 4.79 Å². The molecule has 0 spiro atoms. The van der Waals surface area contributed by atoms with Crippen molar-refractivity contribution in [2.24, 2.45) is 5.73 Å². The van der Waals surface area contributed by atoms with Gasteiger partial charge >= 0.3 is 5.97 Å².